The molecule has 0 atom stereocenters. The Morgan fingerprint density at radius 2 is 1.64 bits per heavy atom. The van der Waals surface area contributed by atoms with Gasteiger partial charge in [0.2, 0.25) is 0 Å². The van der Waals surface area contributed by atoms with Crippen molar-refractivity contribution in [2.75, 3.05) is 0 Å². The molecule has 0 amide bonds. The fourth-order valence-corrected chi connectivity index (χ4v) is 10.3. The van der Waals surface area contributed by atoms with Gasteiger partial charge in [0.1, 0.15) is 7.22 Å². The van der Waals surface area contributed by atoms with Crippen LogP contribution in [-0.4, -0.2) is 12.0 Å². The zero-order valence-electron chi connectivity index (χ0n) is 8.82. The molecule has 0 aromatic heterocycles. The largest absolute Gasteiger partial charge is 0.180 e. The topological polar surface area (TPSA) is 0 Å². The van der Waals surface area contributed by atoms with Crippen molar-refractivity contribution in [2.45, 2.75) is 58.0 Å². The highest BCUT2D eigenvalue weighted by molar-refractivity contribution is 8.29. The molecule has 0 saturated heterocycles. The molecular weight excluding hydrogens is 168 g/mol. The van der Waals surface area contributed by atoms with Crippen LogP contribution in [0.1, 0.15) is 34.1 Å². The molecule has 0 nitrogen and oxygen atoms in total. The van der Waals surface area contributed by atoms with E-state index in [1.807, 2.05) is 0 Å². The molecule has 0 rings (SSSR count). The Kier molecular flexibility index (Phi) is 4.20. The van der Waals surface area contributed by atoms with Crippen LogP contribution in [0.2, 0.25) is 19.1 Å². The Labute approximate surface area is 76.8 Å². The second kappa shape index (κ2) is 3.99. The van der Waals surface area contributed by atoms with Gasteiger partial charge in [0.15, 0.2) is 0 Å². The highest BCUT2D eigenvalue weighted by Crippen LogP contribution is 2.36. The molecule has 0 aliphatic carbocycles. The zero-order chi connectivity index (χ0) is 9.12. The van der Waals surface area contributed by atoms with Gasteiger partial charge >= 0.3 is 0 Å². The van der Waals surface area contributed by atoms with E-state index < -0.39 is 7.22 Å². The average molecular weight is 190 g/mol. The van der Waals surface area contributed by atoms with Gasteiger partial charge < -0.3 is 0 Å². The monoisotopic (exact) mass is 190 g/mol. The lowest BCUT2D eigenvalue weighted by atomic mass is 10.3. The van der Waals surface area contributed by atoms with Gasteiger partial charge in [0.05, 0.1) is 0 Å². The molecule has 0 radical (unpaired) electrons. The summed E-state index contributed by atoms with van der Waals surface area (Å²) in [5.74, 6) is 0. The molecule has 0 spiro atoms. The van der Waals surface area contributed by atoms with Crippen LogP contribution < -0.4 is 0 Å². The average Bonchev–Trinajstić information content (AvgIpc) is 1.55. The number of hydrogen-bond donors (Lipinski definition) is 0. The van der Waals surface area contributed by atoms with E-state index in [9.17, 15) is 0 Å². The SMILES string of the molecule is CCC[Si](C)(C)SC(C)(C)C. The Hall–Kier alpha value is 0.567. The number of hydrogen-bond acceptors (Lipinski definition) is 1. The molecule has 0 N–H and O–H groups in total. The summed E-state index contributed by atoms with van der Waals surface area (Å²) in [6.07, 6.45) is 1.35. The Bertz CT molecular complexity index is 113. The lowest BCUT2D eigenvalue weighted by Crippen LogP contribution is -2.27. The van der Waals surface area contributed by atoms with Crippen LogP contribution in [0, 0.1) is 0 Å². The van der Waals surface area contributed by atoms with E-state index in [1.54, 1.807) is 0 Å². The molecule has 0 saturated carbocycles. The van der Waals surface area contributed by atoms with Crippen molar-refractivity contribution in [2.24, 2.45) is 0 Å². The molecule has 11 heavy (non-hydrogen) atoms. The third kappa shape index (κ3) is 6.95. The summed E-state index contributed by atoms with van der Waals surface area (Å²) in [5.41, 5.74) is 0. The smallest absolute Gasteiger partial charge is 0.112 e. The Morgan fingerprint density at radius 1 is 1.18 bits per heavy atom. The van der Waals surface area contributed by atoms with Gasteiger partial charge in [0.25, 0.3) is 0 Å². The van der Waals surface area contributed by atoms with Crippen LogP contribution in [-0.2, 0) is 0 Å². The van der Waals surface area contributed by atoms with Crippen LogP contribution in [0.25, 0.3) is 0 Å². The summed E-state index contributed by atoms with van der Waals surface area (Å²) < 4.78 is 0.463. The second-order valence-corrected chi connectivity index (χ2v) is 14.1. The fourth-order valence-electron chi connectivity index (χ4n) is 1.48. The number of rotatable bonds is 3. The van der Waals surface area contributed by atoms with Crippen molar-refractivity contribution in [3.8, 4) is 0 Å². The molecule has 0 bridgehead atoms. The van der Waals surface area contributed by atoms with E-state index in [4.69, 9.17) is 0 Å². The second-order valence-electron chi connectivity index (χ2n) is 4.72. The van der Waals surface area contributed by atoms with Crippen molar-refractivity contribution >= 4 is 18.4 Å². The predicted molar refractivity (Wildman–Crippen MR) is 59.9 cm³/mol. The minimum atomic E-state index is -0.922. The molecule has 0 unspecified atom stereocenters. The van der Waals surface area contributed by atoms with Crippen LogP contribution in [0.3, 0.4) is 0 Å². The maximum Gasteiger partial charge on any atom is 0.112 e. The van der Waals surface area contributed by atoms with Crippen molar-refractivity contribution in [1.82, 2.24) is 0 Å². The lowest BCUT2D eigenvalue weighted by molar-refractivity contribution is 0.808. The summed E-state index contributed by atoms with van der Waals surface area (Å²) in [4.78, 5) is 0. The molecule has 68 valence electrons. The van der Waals surface area contributed by atoms with E-state index in [0.29, 0.717) is 4.75 Å². The van der Waals surface area contributed by atoms with E-state index >= 15 is 0 Å². The van der Waals surface area contributed by atoms with E-state index in [2.05, 4.69) is 52.0 Å². The van der Waals surface area contributed by atoms with Crippen LogP contribution in [0.15, 0.2) is 0 Å². The molecule has 0 heterocycles. The Balaban J connectivity index is 3.91. The third-order valence-corrected chi connectivity index (χ3v) is 8.41. The van der Waals surface area contributed by atoms with Gasteiger partial charge in [-0.05, 0) is 6.04 Å². The van der Waals surface area contributed by atoms with Crippen LogP contribution >= 0.6 is 11.2 Å². The first kappa shape index (κ1) is 11.6. The molecule has 0 aromatic rings. The Morgan fingerprint density at radius 3 is 1.91 bits per heavy atom. The maximum atomic E-state index is 2.48. The summed E-state index contributed by atoms with van der Waals surface area (Å²) in [6, 6.07) is 1.45. The van der Waals surface area contributed by atoms with Gasteiger partial charge in [-0.3, -0.25) is 0 Å². The van der Waals surface area contributed by atoms with Gasteiger partial charge in [-0.1, -0.05) is 47.2 Å². The maximum absolute atomic E-state index is 2.48. The first-order valence-electron chi connectivity index (χ1n) is 4.47. The minimum Gasteiger partial charge on any atom is -0.180 e. The van der Waals surface area contributed by atoms with Gasteiger partial charge in [-0.15, -0.1) is 0 Å². The van der Waals surface area contributed by atoms with Crippen molar-refractivity contribution in [3.05, 3.63) is 0 Å². The molecule has 2 heteroatoms. The molecule has 0 aromatic carbocycles. The van der Waals surface area contributed by atoms with Crippen LogP contribution in [0.4, 0.5) is 0 Å². The van der Waals surface area contributed by atoms with E-state index in [-0.39, 0.29) is 0 Å². The highest BCUT2D eigenvalue weighted by atomic mass is 32.4. The van der Waals surface area contributed by atoms with Gasteiger partial charge in [0, 0.05) is 4.75 Å². The van der Waals surface area contributed by atoms with Crippen LogP contribution in [0.5, 0.6) is 0 Å². The lowest BCUT2D eigenvalue weighted by Gasteiger charge is -2.30. The normalized spacial score (nSPS) is 13.6. The highest BCUT2D eigenvalue weighted by Gasteiger charge is 2.26. The molecule has 0 fully saturated rings. The summed E-state index contributed by atoms with van der Waals surface area (Å²) >= 11 is 2.22. The molecule has 0 aliphatic rings. The molecular formula is C9H22SSi. The van der Waals surface area contributed by atoms with Crippen molar-refractivity contribution in [1.29, 1.82) is 0 Å². The van der Waals surface area contributed by atoms with E-state index in [1.165, 1.54) is 12.5 Å². The van der Waals surface area contributed by atoms with Gasteiger partial charge in [-0.2, -0.15) is 11.2 Å². The first-order chi connectivity index (χ1) is 4.77. The first-order valence-corrected chi connectivity index (χ1v) is 9.22. The standard InChI is InChI=1S/C9H22SSi/c1-7-8-11(5,6)10-9(2,3)4/h7-8H2,1-6H3. The van der Waals surface area contributed by atoms with E-state index in [0.717, 1.165) is 0 Å². The van der Waals surface area contributed by atoms with Crippen molar-refractivity contribution < 1.29 is 0 Å². The minimum absolute atomic E-state index is 0.463. The third-order valence-electron chi connectivity index (χ3n) is 1.43. The molecule has 0 aliphatic heterocycles. The zero-order valence-corrected chi connectivity index (χ0v) is 10.6. The fraction of sp³-hybridized carbons (Fsp3) is 1.00. The summed E-state index contributed by atoms with van der Waals surface area (Å²) in [7, 11) is -0.922. The summed E-state index contributed by atoms with van der Waals surface area (Å²) in [5, 5.41) is 0. The van der Waals surface area contributed by atoms with Gasteiger partial charge in [-0.25, -0.2) is 0 Å². The predicted octanol–water partition coefficient (Wildman–Crippen LogP) is 4.13. The summed E-state index contributed by atoms with van der Waals surface area (Å²) in [6.45, 7) is 14.2. The quantitative estimate of drug-likeness (QED) is 0.603. The van der Waals surface area contributed by atoms with Crippen molar-refractivity contribution in [3.63, 3.8) is 0 Å².